The summed E-state index contributed by atoms with van der Waals surface area (Å²) in [6.07, 6.45) is -5.45. The van der Waals surface area contributed by atoms with E-state index in [2.05, 4.69) is 4.52 Å². The number of rotatable bonds is 7. The second-order valence-corrected chi connectivity index (χ2v) is 3.32. The Bertz CT molecular complexity index is 231. The van der Waals surface area contributed by atoms with E-state index in [0.717, 1.165) is 0 Å². The van der Waals surface area contributed by atoms with E-state index in [1.165, 1.54) is 0 Å². The topological polar surface area (TPSA) is 145 Å². The van der Waals surface area contributed by atoms with Gasteiger partial charge in [-0.15, -0.1) is 9.42 Å². The minimum absolute atomic E-state index is 0.859. The Hall–Kier alpha value is -0.470. The van der Waals surface area contributed by atoms with E-state index in [1.807, 2.05) is 0 Å². The van der Waals surface area contributed by atoms with Crippen LogP contribution < -0.4 is 0 Å². The summed E-state index contributed by atoms with van der Waals surface area (Å²) in [4.78, 5) is 19.3. The van der Waals surface area contributed by atoms with E-state index in [1.54, 1.807) is 0 Å². The number of carbonyl (C=O) groups is 1. The van der Waals surface area contributed by atoms with E-state index in [-0.39, 0.29) is 0 Å². The predicted molar refractivity (Wildman–Crippen MR) is 45.9 cm³/mol. The smallest absolute Gasteiger partial charge is 0.394 e. The first kappa shape index (κ1) is 14.5. The maximum absolute atomic E-state index is 10.9. The lowest BCUT2D eigenvalue weighted by Crippen LogP contribution is -2.45. The summed E-state index contributed by atoms with van der Waals surface area (Å²) >= 11 is 0. The van der Waals surface area contributed by atoms with Crippen LogP contribution in [0.3, 0.4) is 0 Å². The minimum Gasteiger partial charge on any atom is -0.394 e. The first-order valence-corrected chi connectivity index (χ1v) is 5.00. The number of aliphatic hydroxyl groups is 4. The monoisotopic (exact) mass is 243 g/mol. The fraction of sp³-hybridized carbons (Fsp3) is 0.833. The van der Waals surface area contributed by atoms with Gasteiger partial charge in [-0.25, -0.2) is 0 Å². The molecule has 0 aromatic carbocycles. The molecule has 0 aliphatic heterocycles. The van der Waals surface area contributed by atoms with Crippen molar-refractivity contribution in [1.29, 1.82) is 0 Å². The standard InChI is InChI=1S/C6H11O8P/c7-1-3(9)5(11)6(4(10)2-8)14-15(12)13/h3,5-9,11H,1-2H2/p+1/t3-,5-,6-/m1/s1. The van der Waals surface area contributed by atoms with Crippen molar-refractivity contribution in [2.75, 3.05) is 13.2 Å². The van der Waals surface area contributed by atoms with Gasteiger partial charge in [-0.3, -0.25) is 4.79 Å². The summed E-state index contributed by atoms with van der Waals surface area (Å²) in [5, 5.41) is 35.1. The van der Waals surface area contributed by atoms with Gasteiger partial charge in [-0.1, -0.05) is 0 Å². The first-order chi connectivity index (χ1) is 6.93. The van der Waals surface area contributed by atoms with E-state index in [9.17, 15) is 14.5 Å². The van der Waals surface area contributed by atoms with Crippen LogP contribution in [0.25, 0.3) is 0 Å². The highest BCUT2D eigenvalue weighted by Gasteiger charge is 2.38. The number of carbonyl (C=O) groups excluding carboxylic acids is 1. The second-order valence-electron chi connectivity index (χ2n) is 2.63. The molecular weight excluding hydrogens is 231 g/mol. The molecule has 15 heavy (non-hydrogen) atoms. The average Bonchev–Trinajstić information content (AvgIpc) is 2.22. The average molecular weight is 243 g/mol. The van der Waals surface area contributed by atoms with E-state index < -0.39 is 45.6 Å². The zero-order chi connectivity index (χ0) is 12.0. The largest absolute Gasteiger partial charge is 0.695 e. The molecule has 88 valence electrons. The highest BCUT2D eigenvalue weighted by Crippen LogP contribution is 2.21. The van der Waals surface area contributed by atoms with Gasteiger partial charge < -0.3 is 20.4 Å². The molecule has 0 bridgehead atoms. The highest BCUT2D eigenvalue weighted by molar-refractivity contribution is 7.32. The van der Waals surface area contributed by atoms with Crippen LogP contribution in [0.5, 0.6) is 0 Å². The third-order valence-electron chi connectivity index (χ3n) is 1.57. The fourth-order valence-electron chi connectivity index (χ4n) is 0.808. The number of hydrogen-bond acceptors (Lipinski definition) is 7. The Morgan fingerprint density at radius 2 is 1.87 bits per heavy atom. The number of aliphatic hydroxyl groups excluding tert-OH is 4. The molecular formula is C6H12O8P+. The van der Waals surface area contributed by atoms with Crippen molar-refractivity contribution in [3.05, 3.63) is 0 Å². The second kappa shape index (κ2) is 6.91. The van der Waals surface area contributed by atoms with Crippen LogP contribution in [0.15, 0.2) is 0 Å². The Morgan fingerprint density at radius 1 is 1.33 bits per heavy atom. The molecule has 0 amide bonds. The van der Waals surface area contributed by atoms with Crippen molar-refractivity contribution in [2.45, 2.75) is 18.3 Å². The van der Waals surface area contributed by atoms with Gasteiger partial charge in [0.1, 0.15) is 18.8 Å². The van der Waals surface area contributed by atoms with E-state index >= 15 is 0 Å². The maximum Gasteiger partial charge on any atom is 0.695 e. The Balaban J connectivity index is 4.61. The van der Waals surface area contributed by atoms with Gasteiger partial charge in [0.2, 0.25) is 6.10 Å². The minimum atomic E-state index is -3.17. The molecule has 9 heteroatoms. The molecule has 0 fully saturated rings. The third kappa shape index (κ3) is 4.72. The van der Waals surface area contributed by atoms with Crippen LogP contribution in [0, 0.1) is 0 Å². The molecule has 0 aromatic rings. The van der Waals surface area contributed by atoms with Gasteiger partial charge >= 0.3 is 8.25 Å². The van der Waals surface area contributed by atoms with Crippen LogP contribution >= 0.6 is 8.25 Å². The van der Waals surface area contributed by atoms with E-state index in [0.29, 0.717) is 0 Å². The maximum atomic E-state index is 10.9. The molecule has 1 unspecified atom stereocenters. The van der Waals surface area contributed by atoms with Crippen molar-refractivity contribution in [3.63, 3.8) is 0 Å². The van der Waals surface area contributed by atoms with Crippen LogP contribution in [0.1, 0.15) is 0 Å². The normalized spacial score (nSPS) is 18.1. The van der Waals surface area contributed by atoms with Crippen LogP contribution in [-0.2, 0) is 13.9 Å². The van der Waals surface area contributed by atoms with Crippen LogP contribution in [0.2, 0.25) is 0 Å². The van der Waals surface area contributed by atoms with E-state index in [4.69, 9.17) is 20.2 Å². The van der Waals surface area contributed by atoms with Gasteiger partial charge in [0.15, 0.2) is 5.78 Å². The molecule has 0 aliphatic carbocycles. The molecule has 0 aliphatic rings. The predicted octanol–water partition coefficient (Wildman–Crippen LogP) is -2.70. The molecule has 5 N–H and O–H groups in total. The van der Waals surface area contributed by atoms with Crippen LogP contribution in [-0.4, -0.2) is 62.6 Å². The van der Waals surface area contributed by atoms with Gasteiger partial charge in [0.25, 0.3) is 0 Å². The third-order valence-corrected chi connectivity index (χ3v) is 1.98. The molecule has 0 spiro atoms. The Kier molecular flexibility index (Phi) is 6.70. The molecule has 0 aromatic heterocycles. The van der Waals surface area contributed by atoms with Gasteiger partial charge in [-0.2, -0.15) is 0 Å². The van der Waals surface area contributed by atoms with Crippen molar-refractivity contribution in [3.8, 4) is 0 Å². The van der Waals surface area contributed by atoms with Crippen LogP contribution in [0.4, 0.5) is 0 Å². The van der Waals surface area contributed by atoms with Crippen molar-refractivity contribution in [2.24, 2.45) is 0 Å². The van der Waals surface area contributed by atoms with Crippen molar-refractivity contribution >= 4 is 14.0 Å². The quantitative estimate of drug-likeness (QED) is 0.304. The number of hydrogen-bond donors (Lipinski definition) is 5. The Morgan fingerprint density at radius 3 is 2.20 bits per heavy atom. The SMILES string of the molecule is O=C(CO)[C@@H](O[P+](=O)O)[C@H](O)[C@H](O)CO. The lowest BCUT2D eigenvalue weighted by atomic mass is 10.1. The fourth-order valence-corrected chi connectivity index (χ4v) is 1.25. The molecule has 0 rings (SSSR count). The number of Topliss-reactive ketones (excluding diaryl/α,β-unsaturated/α-hetero) is 1. The Labute approximate surface area is 85.7 Å². The van der Waals surface area contributed by atoms with Gasteiger partial charge in [0.05, 0.1) is 6.61 Å². The lowest BCUT2D eigenvalue weighted by Gasteiger charge is -2.19. The van der Waals surface area contributed by atoms with Gasteiger partial charge in [0, 0.05) is 4.57 Å². The molecule has 0 radical (unpaired) electrons. The highest BCUT2D eigenvalue weighted by atomic mass is 31.1. The molecule has 4 atom stereocenters. The first-order valence-electron chi connectivity index (χ1n) is 3.87. The summed E-state index contributed by atoms with van der Waals surface area (Å²) in [5.41, 5.74) is 0. The molecule has 0 saturated heterocycles. The summed E-state index contributed by atoms with van der Waals surface area (Å²) < 4.78 is 14.4. The van der Waals surface area contributed by atoms with Crippen molar-refractivity contribution in [1.82, 2.24) is 0 Å². The number of ketones is 1. The zero-order valence-corrected chi connectivity index (χ0v) is 8.45. The lowest BCUT2D eigenvalue weighted by molar-refractivity contribution is -0.140. The van der Waals surface area contributed by atoms with Gasteiger partial charge in [-0.05, 0) is 0 Å². The molecule has 8 nitrogen and oxygen atoms in total. The molecule has 0 saturated carbocycles. The summed E-state index contributed by atoms with van der Waals surface area (Å²) in [7, 11) is -3.17. The summed E-state index contributed by atoms with van der Waals surface area (Å²) in [6, 6.07) is 0. The summed E-state index contributed by atoms with van der Waals surface area (Å²) in [6.45, 7) is -1.88. The molecule has 0 heterocycles. The zero-order valence-electron chi connectivity index (χ0n) is 7.55. The summed E-state index contributed by atoms with van der Waals surface area (Å²) in [5.74, 6) is -1.08. The van der Waals surface area contributed by atoms with Crippen molar-refractivity contribution < 1.29 is 39.2 Å².